The van der Waals surface area contributed by atoms with Crippen molar-refractivity contribution in [2.45, 2.75) is 0 Å². The van der Waals surface area contributed by atoms with Crippen molar-refractivity contribution in [2.24, 2.45) is 0 Å². The van der Waals surface area contributed by atoms with Gasteiger partial charge in [-0.3, -0.25) is 0 Å². The van der Waals surface area contributed by atoms with Crippen LogP contribution in [0.15, 0.2) is 164 Å². The Morgan fingerprint density at radius 1 is 0.333 bits per heavy atom. The summed E-state index contributed by atoms with van der Waals surface area (Å²) in [7, 11) is 0. The van der Waals surface area contributed by atoms with E-state index in [-0.39, 0.29) is 0 Å². The molecule has 48 heavy (non-hydrogen) atoms. The first kappa shape index (κ1) is 26.1. The Kier molecular flexibility index (Phi) is 5.32. The van der Waals surface area contributed by atoms with Gasteiger partial charge in [0.25, 0.3) is 0 Å². The maximum absolute atomic E-state index is 2.41. The molecule has 11 rings (SSSR count). The third-order valence-corrected chi connectivity index (χ3v) is 11.5. The largest absolute Gasteiger partial charge is 0.309 e. The predicted molar refractivity (Wildman–Crippen MR) is 206 cm³/mol. The highest BCUT2D eigenvalue weighted by Crippen LogP contribution is 2.51. The lowest BCUT2D eigenvalue weighted by atomic mass is 9.93. The zero-order chi connectivity index (χ0) is 31.3. The van der Waals surface area contributed by atoms with Gasteiger partial charge in [-0.2, -0.15) is 0 Å². The van der Waals surface area contributed by atoms with Crippen LogP contribution in [0.4, 0.5) is 0 Å². The fourth-order valence-corrected chi connectivity index (χ4v) is 9.28. The summed E-state index contributed by atoms with van der Waals surface area (Å²) in [6.07, 6.45) is 0. The van der Waals surface area contributed by atoms with Crippen LogP contribution in [0.3, 0.4) is 0 Å². The highest BCUT2D eigenvalue weighted by molar-refractivity contribution is 7.25. The van der Waals surface area contributed by atoms with E-state index in [2.05, 4.69) is 168 Å². The first-order valence-electron chi connectivity index (χ1n) is 16.5. The van der Waals surface area contributed by atoms with Gasteiger partial charge in [-0.15, -0.1) is 11.3 Å². The summed E-state index contributed by atoms with van der Waals surface area (Å²) in [5, 5.41) is 7.89. The smallest absolute Gasteiger partial charge is 0.0541 e. The minimum atomic E-state index is 1.18. The van der Waals surface area contributed by atoms with Crippen LogP contribution in [0.1, 0.15) is 0 Å². The zero-order valence-corrected chi connectivity index (χ0v) is 26.8. The lowest BCUT2D eigenvalue weighted by molar-refractivity contribution is 1.18. The van der Waals surface area contributed by atoms with Gasteiger partial charge >= 0.3 is 0 Å². The van der Waals surface area contributed by atoms with Crippen LogP contribution >= 0.6 is 11.3 Å². The lowest BCUT2D eigenvalue weighted by Gasteiger charge is -2.11. The molecule has 0 fully saturated rings. The summed E-state index contributed by atoms with van der Waals surface area (Å²) in [6, 6.07) is 60.7. The number of fused-ring (bicyclic) bond motifs is 9. The molecule has 0 aliphatic heterocycles. The van der Waals surface area contributed by atoms with Crippen LogP contribution in [-0.4, -0.2) is 4.57 Å². The summed E-state index contributed by atoms with van der Waals surface area (Å²) in [6.45, 7) is 0. The second-order valence-electron chi connectivity index (χ2n) is 12.9. The lowest BCUT2D eigenvalue weighted by Crippen LogP contribution is -1.92. The highest BCUT2D eigenvalue weighted by Gasteiger charge is 2.24. The molecular weight excluding hydrogens is 599 g/mol. The molecule has 1 aliphatic carbocycles. The molecule has 0 saturated carbocycles. The van der Waals surface area contributed by atoms with Crippen LogP contribution < -0.4 is 0 Å². The van der Waals surface area contributed by atoms with E-state index in [9.17, 15) is 0 Å². The third-order valence-electron chi connectivity index (χ3n) is 10.3. The number of benzene rings is 8. The molecule has 0 radical (unpaired) electrons. The average molecular weight is 626 g/mol. The van der Waals surface area contributed by atoms with Crippen molar-refractivity contribution in [3.8, 4) is 50.2 Å². The quantitative estimate of drug-likeness (QED) is 0.184. The number of para-hydroxylation sites is 2. The molecule has 0 bridgehead atoms. The normalized spacial score (nSPS) is 12.2. The summed E-state index contributed by atoms with van der Waals surface area (Å²) in [5.74, 6) is 0. The molecule has 1 aliphatic rings. The minimum Gasteiger partial charge on any atom is -0.309 e. The van der Waals surface area contributed by atoms with E-state index >= 15 is 0 Å². The van der Waals surface area contributed by atoms with Crippen LogP contribution in [0.25, 0.3) is 103 Å². The standard InChI is InChI=1S/C46H27NS/c1-2-9-31(10-3-1)47-42-15-6-4-11-34(42)40-27-30(18-23-43(40)47)32-21-22-38-33-20-17-28(25-39(33)37-14-8-13-36(32)46(37)38)29-19-24-45-41(26-29)35-12-5-7-16-44(35)48-45/h1-27H. The van der Waals surface area contributed by atoms with E-state index < -0.39 is 0 Å². The zero-order valence-electron chi connectivity index (χ0n) is 25.9. The average Bonchev–Trinajstić information content (AvgIpc) is 3.80. The summed E-state index contributed by atoms with van der Waals surface area (Å²) in [4.78, 5) is 0. The van der Waals surface area contributed by atoms with Crippen molar-refractivity contribution >= 4 is 64.1 Å². The van der Waals surface area contributed by atoms with Crippen LogP contribution in [-0.2, 0) is 0 Å². The molecular formula is C46H27NS. The Labute approximate surface area is 281 Å². The fraction of sp³-hybridized carbons (Fsp3) is 0. The van der Waals surface area contributed by atoms with Crippen molar-refractivity contribution in [1.82, 2.24) is 4.57 Å². The van der Waals surface area contributed by atoms with Gasteiger partial charge in [0.15, 0.2) is 0 Å². The molecule has 0 N–H and O–H groups in total. The van der Waals surface area contributed by atoms with E-state index in [1.54, 1.807) is 0 Å². The molecule has 0 spiro atoms. The minimum absolute atomic E-state index is 1.18. The Morgan fingerprint density at radius 3 is 1.92 bits per heavy atom. The number of aromatic nitrogens is 1. The van der Waals surface area contributed by atoms with Crippen molar-refractivity contribution in [3.05, 3.63) is 164 Å². The first-order chi connectivity index (χ1) is 23.8. The van der Waals surface area contributed by atoms with Crippen molar-refractivity contribution in [3.63, 3.8) is 0 Å². The topological polar surface area (TPSA) is 4.93 Å². The van der Waals surface area contributed by atoms with E-state index in [1.807, 2.05) is 11.3 Å². The van der Waals surface area contributed by atoms with Gasteiger partial charge in [0.1, 0.15) is 0 Å². The van der Waals surface area contributed by atoms with Crippen molar-refractivity contribution < 1.29 is 0 Å². The van der Waals surface area contributed by atoms with E-state index in [0.29, 0.717) is 0 Å². The molecule has 1 nitrogen and oxygen atoms in total. The molecule has 0 atom stereocenters. The van der Waals surface area contributed by atoms with E-state index in [4.69, 9.17) is 0 Å². The Balaban J connectivity index is 1.07. The molecule has 2 heterocycles. The number of hydrogen-bond acceptors (Lipinski definition) is 1. The molecule has 0 amide bonds. The molecule has 2 aromatic heterocycles. The molecule has 10 aromatic rings. The fourth-order valence-electron chi connectivity index (χ4n) is 8.19. The maximum atomic E-state index is 2.41. The van der Waals surface area contributed by atoms with E-state index in [0.717, 1.165) is 0 Å². The van der Waals surface area contributed by atoms with Gasteiger partial charge < -0.3 is 4.57 Å². The number of thiophene rings is 1. The molecule has 0 unspecified atom stereocenters. The predicted octanol–water partition coefficient (Wildman–Crippen LogP) is 13.3. The van der Waals surface area contributed by atoms with Gasteiger partial charge in [0.05, 0.1) is 11.0 Å². The molecule has 8 aromatic carbocycles. The van der Waals surface area contributed by atoms with Gasteiger partial charge in [-0.1, -0.05) is 109 Å². The van der Waals surface area contributed by atoms with Crippen LogP contribution in [0, 0.1) is 0 Å². The Morgan fingerprint density at radius 2 is 0.979 bits per heavy atom. The van der Waals surface area contributed by atoms with Crippen LogP contribution in [0.2, 0.25) is 0 Å². The monoisotopic (exact) mass is 625 g/mol. The number of hydrogen-bond donors (Lipinski definition) is 0. The van der Waals surface area contributed by atoms with Crippen molar-refractivity contribution in [1.29, 1.82) is 0 Å². The van der Waals surface area contributed by atoms with E-state index in [1.165, 1.54) is 103 Å². The van der Waals surface area contributed by atoms with Crippen molar-refractivity contribution in [2.75, 3.05) is 0 Å². The molecule has 222 valence electrons. The summed E-state index contributed by atoms with van der Waals surface area (Å²) < 4.78 is 5.07. The number of rotatable bonds is 3. The number of nitrogens with zero attached hydrogens (tertiary/aromatic N) is 1. The second kappa shape index (κ2) is 9.78. The summed E-state index contributed by atoms with van der Waals surface area (Å²) in [5.41, 5.74) is 14.0. The first-order valence-corrected chi connectivity index (χ1v) is 17.3. The Hall–Kier alpha value is -5.96. The SMILES string of the molecule is c1ccc(-n2c3ccccc3c3cc(-c4ccc5c6c(cccc46)-c4cc(-c6ccc7sc8ccccc8c7c6)ccc4-5)ccc32)cc1. The second-order valence-corrected chi connectivity index (χ2v) is 14.0. The summed E-state index contributed by atoms with van der Waals surface area (Å²) >= 11 is 1.87. The van der Waals surface area contributed by atoms with Gasteiger partial charge in [0, 0.05) is 36.6 Å². The third kappa shape index (κ3) is 3.61. The maximum Gasteiger partial charge on any atom is 0.0541 e. The van der Waals surface area contributed by atoms with Gasteiger partial charge in [-0.25, -0.2) is 0 Å². The van der Waals surface area contributed by atoms with Crippen LogP contribution in [0.5, 0.6) is 0 Å². The molecule has 2 heteroatoms. The Bertz CT molecular complexity index is 2940. The highest BCUT2D eigenvalue weighted by atomic mass is 32.1. The van der Waals surface area contributed by atoms with Gasteiger partial charge in [-0.05, 0) is 110 Å². The molecule has 0 saturated heterocycles. The van der Waals surface area contributed by atoms with Gasteiger partial charge in [0.2, 0.25) is 0 Å².